The van der Waals surface area contributed by atoms with Gasteiger partial charge in [-0.3, -0.25) is 4.90 Å². The summed E-state index contributed by atoms with van der Waals surface area (Å²) < 4.78 is 44.4. The maximum absolute atomic E-state index is 13.1. The number of alkyl halides is 3. The number of methoxy groups -OCH3 is 1. The predicted octanol–water partition coefficient (Wildman–Crippen LogP) is 3.42. The molecular weight excluding hydrogens is 243 g/mol. The van der Waals surface area contributed by atoms with E-state index in [0.717, 1.165) is 10.5 Å². The van der Waals surface area contributed by atoms with Gasteiger partial charge in [0.15, 0.2) is 0 Å². The molecule has 2 nitrogen and oxygen atoms in total. The van der Waals surface area contributed by atoms with Crippen molar-refractivity contribution in [2.75, 3.05) is 21.2 Å². The number of nitrogens with zero attached hydrogens (tertiary/aromatic N) is 1. The molecule has 0 saturated carbocycles. The second-order valence-electron chi connectivity index (χ2n) is 4.34. The molecule has 1 unspecified atom stereocenters. The number of hydrogen-bond acceptors (Lipinski definition) is 2. The first-order valence-corrected chi connectivity index (χ1v) is 5.71. The van der Waals surface area contributed by atoms with Crippen LogP contribution in [0.5, 0.6) is 5.75 Å². The molecule has 0 bridgehead atoms. The predicted molar refractivity (Wildman–Crippen MR) is 64.9 cm³/mol. The molecule has 1 atom stereocenters. The van der Waals surface area contributed by atoms with Gasteiger partial charge in [0.05, 0.1) is 7.11 Å². The second kappa shape index (κ2) is 5.61. The van der Waals surface area contributed by atoms with E-state index in [4.69, 9.17) is 4.74 Å². The summed E-state index contributed by atoms with van der Waals surface area (Å²) in [5.74, 6) is 0.267. The van der Waals surface area contributed by atoms with Crippen LogP contribution in [0.3, 0.4) is 0 Å². The van der Waals surface area contributed by atoms with Crippen molar-refractivity contribution in [1.82, 2.24) is 4.90 Å². The van der Waals surface area contributed by atoms with E-state index in [1.807, 2.05) is 6.92 Å². The van der Waals surface area contributed by atoms with E-state index in [1.54, 1.807) is 18.2 Å². The normalized spacial score (nSPS) is 13.8. The van der Waals surface area contributed by atoms with Crippen LogP contribution < -0.4 is 4.74 Å². The highest BCUT2D eigenvalue weighted by molar-refractivity contribution is 5.40. The fourth-order valence-corrected chi connectivity index (χ4v) is 1.96. The Labute approximate surface area is 105 Å². The average molecular weight is 261 g/mol. The SMILES string of the molecule is CCc1ccc(OC)c(C(N(C)C)C(F)(F)F)c1. The second-order valence-corrected chi connectivity index (χ2v) is 4.34. The highest BCUT2D eigenvalue weighted by Crippen LogP contribution is 2.40. The van der Waals surface area contributed by atoms with Crippen LogP contribution in [-0.4, -0.2) is 32.3 Å². The summed E-state index contributed by atoms with van der Waals surface area (Å²) in [7, 11) is 4.21. The van der Waals surface area contributed by atoms with Crippen molar-refractivity contribution in [3.8, 4) is 5.75 Å². The fourth-order valence-electron chi connectivity index (χ4n) is 1.96. The summed E-state index contributed by atoms with van der Waals surface area (Å²) in [5, 5.41) is 0. The Hall–Kier alpha value is -1.23. The third-order valence-electron chi connectivity index (χ3n) is 2.82. The van der Waals surface area contributed by atoms with Crippen LogP contribution in [0.1, 0.15) is 24.1 Å². The molecule has 0 aliphatic heterocycles. The van der Waals surface area contributed by atoms with Gasteiger partial charge >= 0.3 is 6.18 Å². The van der Waals surface area contributed by atoms with Crippen molar-refractivity contribution in [2.24, 2.45) is 0 Å². The van der Waals surface area contributed by atoms with Gasteiger partial charge in [-0.05, 0) is 32.1 Å². The van der Waals surface area contributed by atoms with E-state index in [0.29, 0.717) is 6.42 Å². The Morgan fingerprint density at radius 1 is 1.28 bits per heavy atom. The lowest BCUT2D eigenvalue weighted by molar-refractivity contribution is -0.179. The molecule has 1 aromatic carbocycles. The van der Waals surface area contributed by atoms with Gasteiger partial charge in [0, 0.05) is 5.56 Å². The molecule has 0 saturated heterocycles. The maximum atomic E-state index is 13.1. The monoisotopic (exact) mass is 261 g/mol. The maximum Gasteiger partial charge on any atom is 0.408 e. The quantitative estimate of drug-likeness (QED) is 0.823. The molecule has 0 amide bonds. The zero-order valence-corrected chi connectivity index (χ0v) is 11.0. The van der Waals surface area contributed by atoms with Crippen molar-refractivity contribution in [3.63, 3.8) is 0 Å². The van der Waals surface area contributed by atoms with Gasteiger partial charge in [0.1, 0.15) is 11.8 Å². The first-order valence-electron chi connectivity index (χ1n) is 5.71. The lowest BCUT2D eigenvalue weighted by Crippen LogP contribution is -2.33. The van der Waals surface area contributed by atoms with Gasteiger partial charge < -0.3 is 4.74 Å². The molecule has 0 N–H and O–H groups in total. The summed E-state index contributed by atoms with van der Waals surface area (Å²) >= 11 is 0. The Bertz CT molecular complexity index is 402. The molecule has 0 fully saturated rings. The Kier molecular flexibility index (Phi) is 4.62. The number of aryl methyl sites for hydroxylation is 1. The summed E-state index contributed by atoms with van der Waals surface area (Å²) in [6, 6.07) is 3.29. The molecular formula is C13H18F3NO. The van der Waals surface area contributed by atoms with Gasteiger partial charge in [-0.2, -0.15) is 13.2 Å². The first kappa shape index (κ1) is 14.8. The summed E-state index contributed by atoms with van der Waals surface area (Å²) in [5.41, 5.74) is 1.02. The largest absolute Gasteiger partial charge is 0.496 e. The molecule has 5 heteroatoms. The summed E-state index contributed by atoms with van der Waals surface area (Å²) in [6.45, 7) is 1.91. The summed E-state index contributed by atoms with van der Waals surface area (Å²) in [4.78, 5) is 1.15. The molecule has 1 rings (SSSR count). The van der Waals surface area contributed by atoms with Crippen LogP contribution in [0.15, 0.2) is 18.2 Å². The molecule has 0 radical (unpaired) electrons. The minimum Gasteiger partial charge on any atom is -0.496 e. The van der Waals surface area contributed by atoms with Gasteiger partial charge in [0.25, 0.3) is 0 Å². The van der Waals surface area contributed by atoms with Crippen molar-refractivity contribution < 1.29 is 17.9 Å². The molecule has 0 aliphatic carbocycles. The smallest absolute Gasteiger partial charge is 0.408 e. The molecule has 18 heavy (non-hydrogen) atoms. The molecule has 102 valence electrons. The van der Waals surface area contributed by atoms with Crippen LogP contribution >= 0.6 is 0 Å². The average Bonchev–Trinajstić information content (AvgIpc) is 2.26. The lowest BCUT2D eigenvalue weighted by atomic mass is 10.00. The van der Waals surface area contributed by atoms with Gasteiger partial charge in [-0.25, -0.2) is 0 Å². The fraction of sp³-hybridized carbons (Fsp3) is 0.538. The standard InChI is InChI=1S/C13H18F3NO/c1-5-9-6-7-11(18-4)10(8-9)12(17(2)3)13(14,15)16/h6-8,12H,5H2,1-4H3. The molecule has 0 spiro atoms. The topological polar surface area (TPSA) is 12.5 Å². The van der Waals surface area contributed by atoms with E-state index in [9.17, 15) is 13.2 Å². The zero-order valence-electron chi connectivity index (χ0n) is 11.0. The minimum atomic E-state index is -4.33. The number of benzene rings is 1. The molecule has 0 aromatic heterocycles. The van der Waals surface area contributed by atoms with E-state index < -0.39 is 12.2 Å². The lowest BCUT2D eigenvalue weighted by Gasteiger charge is -2.28. The van der Waals surface area contributed by atoms with Crippen LogP contribution in [-0.2, 0) is 6.42 Å². The number of halogens is 3. The van der Waals surface area contributed by atoms with Gasteiger partial charge in [0.2, 0.25) is 0 Å². The number of hydrogen-bond donors (Lipinski definition) is 0. The summed E-state index contributed by atoms with van der Waals surface area (Å²) in [6.07, 6.45) is -3.64. The molecule has 0 aliphatic rings. The highest BCUT2D eigenvalue weighted by atomic mass is 19.4. The molecule has 1 aromatic rings. The first-order chi connectivity index (χ1) is 8.31. The van der Waals surface area contributed by atoms with Crippen LogP contribution in [0, 0.1) is 0 Å². The molecule has 0 heterocycles. The number of ether oxygens (including phenoxy) is 1. The Morgan fingerprint density at radius 3 is 2.28 bits per heavy atom. The van der Waals surface area contributed by atoms with Crippen LogP contribution in [0.4, 0.5) is 13.2 Å². The van der Waals surface area contributed by atoms with Crippen molar-refractivity contribution >= 4 is 0 Å². The highest BCUT2D eigenvalue weighted by Gasteiger charge is 2.43. The zero-order chi connectivity index (χ0) is 13.9. The Balaban J connectivity index is 3.34. The van der Waals surface area contributed by atoms with Crippen LogP contribution in [0.2, 0.25) is 0 Å². The minimum absolute atomic E-state index is 0.161. The third kappa shape index (κ3) is 3.16. The van der Waals surface area contributed by atoms with Gasteiger partial charge in [-0.15, -0.1) is 0 Å². The Morgan fingerprint density at radius 2 is 1.89 bits per heavy atom. The van der Waals surface area contributed by atoms with Crippen molar-refractivity contribution in [1.29, 1.82) is 0 Å². The van der Waals surface area contributed by atoms with E-state index >= 15 is 0 Å². The van der Waals surface area contributed by atoms with Crippen molar-refractivity contribution in [3.05, 3.63) is 29.3 Å². The van der Waals surface area contributed by atoms with Gasteiger partial charge in [-0.1, -0.05) is 19.1 Å². The van der Waals surface area contributed by atoms with E-state index in [1.165, 1.54) is 21.2 Å². The van der Waals surface area contributed by atoms with E-state index in [2.05, 4.69) is 0 Å². The third-order valence-corrected chi connectivity index (χ3v) is 2.82. The van der Waals surface area contributed by atoms with Crippen molar-refractivity contribution in [2.45, 2.75) is 25.6 Å². The van der Waals surface area contributed by atoms with Crippen LogP contribution in [0.25, 0.3) is 0 Å². The van der Waals surface area contributed by atoms with E-state index in [-0.39, 0.29) is 11.3 Å². The number of rotatable bonds is 4.